The predicted molar refractivity (Wildman–Crippen MR) is 113 cm³/mol. The van der Waals surface area contributed by atoms with Crippen molar-refractivity contribution in [3.63, 3.8) is 0 Å². The lowest BCUT2D eigenvalue weighted by Gasteiger charge is -2.34. The van der Waals surface area contributed by atoms with E-state index in [0.29, 0.717) is 17.9 Å². The molecule has 3 aromatic rings. The Balaban J connectivity index is 1.40. The number of urea groups is 1. The summed E-state index contributed by atoms with van der Waals surface area (Å²) in [6.07, 6.45) is 3.56. The number of aryl methyl sites for hydroxylation is 2. The van der Waals surface area contributed by atoms with E-state index in [9.17, 15) is 13.2 Å². The molecule has 1 aliphatic rings. The minimum Gasteiger partial charge on any atom is -0.360 e. The summed E-state index contributed by atoms with van der Waals surface area (Å²) in [6, 6.07) is 9.13. The highest BCUT2D eigenvalue weighted by molar-refractivity contribution is 7.89. The van der Waals surface area contributed by atoms with Crippen molar-refractivity contribution in [2.45, 2.75) is 25.3 Å². The van der Waals surface area contributed by atoms with Crippen molar-refractivity contribution in [3.05, 3.63) is 59.7 Å². The van der Waals surface area contributed by atoms with Gasteiger partial charge in [0.15, 0.2) is 5.76 Å². The summed E-state index contributed by atoms with van der Waals surface area (Å²) in [4.78, 5) is 14.5. The summed E-state index contributed by atoms with van der Waals surface area (Å²) in [5.74, 6) is 0.270. The lowest BCUT2D eigenvalue weighted by Crippen LogP contribution is -2.51. The van der Waals surface area contributed by atoms with Crippen LogP contribution in [0.3, 0.4) is 0 Å². The van der Waals surface area contributed by atoms with Gasteiger partial charge >= 0.3 is 6.03 Å². The number of piperazine rings is 1. The Kier molecular flexibility index (Phi) is 5.79. The number of nitrogens with zero attached hydrogens (tertiary/aromatic N) is 5. The highest BCUT2D eigenvalue weighted by atomic mass is 32.2. The monoisotopic (exact) mass is 444 g/mol. The molecule has 164 valence electrons. The van der Waals surface area contributed by atoms with Crippen LogP contribution in [0, 0.1) is 13.8 Å². The van der Waals surface area contributed by atoms with E-state index in [1.165, 1.54) is 4.31 Å². The van der Waals surface area contributed by atoms with E-state index in [1.807, 2.05) is 36.5 Å². The number of benzene rings is 1. The van der Waals surface area contributed by atoms with Crippen LogP contribution in [-0.2, 0) is 16.6 Å². The van der Waals surface area contributed by atoms with Crippen LogP contribution in [-0.4, -0.2) is 64.8 Å². The highest BCUT2D eigenvalue weighted by Gasteiger charge is 2.34. The maximum absolute atomic E-state index is 13.0. The first-order chi connectivity index (χ1) is 14.9. The molecule has 1 saturated heterocycles. The van der Waals surface area contributed by atoms with E-state index in [-0.39, 0.29) is 42.9 Å². The summed E-state index contributed by atoms with van der Waals surface area (Å²) in [5, 5.41) is 10.9. The lowest BCUT2D eigenvalue weighted by molar-refractivity contribution is 0.184. The molecule has 10 nitrogen and oxygen atoms in total. The zero-order valence-electron chi connectivity index (χ0n) is 17.4. The quantitative estimate of drug-likeness (QED) is 0.645. The van der Waals surface area contributed by atoms with Gasteiger partial charge in [0, 0.05) is 44.3 Å². The van der Waals surface area contributed by atoms with E-state index in [4.69, 9.17) is 4.52 Å². The molecular formula is C20H24N6O4S. The molecule has 0 aliphatic carbocycles. The van der Waals surface area contributed by atoms with Gasteiger partial charge in [-0.25, -0.2) is 13.2 Å². The number of nitrogens with one attached hydrogen (secondary N) is 1. The molecule has 1 aliphatic heterocycles. The van der Waals surface area contributed by atoms with Crippen molar-refractivity contribution >= 4 is 21.7 Å². The summed E-state index contributed by atoms with van der Waals surface area (Å²) >= 11 is 0. The topological polar surface area (TPSA) is 114 Å². The first-order valence-electron chi connectivity index (χ1n) is 9.90. The van der Waals surface area contributed by atoms with Crippen molar-refractivity contribution in [3.8, 4) is 0 Å². The molecule has 0 unspecified atom stereocenters. The second-order valence-corrected chi connectivity index (χ2v) is 9.21. The van der Waals surface area contributed by atoms with Crippen molar-refractivity contribution in [1.82, 2.24) is 24.1 Å². The van der Waals surface area contributed by atoms with Crippen LogP contribution in [0.4, 0.5) is 10.5 Å². The summed E-state index contributed by atoms with van der Waals surface area (Å²) in [5.41, 5.74) is 1.97. The standard InChI is InChI=1S/C20H24N6O4S/c1-15-19(16(2)30-23-15)31(28,29)26-12-10-24(11-13-26)20(27)22-18-7-4-3-6-17(18)14-25-9-5-8-21-25/h3-9H,10-14H2,1-2H3,(H,22,27). The molecular weight excluding hydrogens is 420 g/mol. The molecule has 1 N–H and O–H groups in total. The SMILES string of the molecule is Cc1noc(C)c1S(=O)(=O)N1CCN(C(=O)Nc2ccccc2Cn2cccn2)CC1. The normalized spacial score (nSPS) is 15.2. The van der Waals surface area contributed by atoms with E-state index in [0.717, 1.165) is 5.56 Å². The fraction of sp³-hybridized carbons (Fsp3) is 0.350. The fourth-order valence-electron chi connectivity index (χ4n) is 3.65. The molecule has 0 radical (unpaired) electrons. The Hall–Kier alpha value is -3.18. The van der Waals surface area contributed by atoms with Gasteiger partial charge in [0.25, 0.3) is 0 Å². The second-order valence-electron chi connectivity index (χ2n) is 7.34. The second kappa shape index (κ2) is 8.52. The number of amides is 2. The zero-order valence-corrected chi connectivity index (χ0v) is 18.2. The van der Waals surface area contributed by atoms with Crippen LogP contribution in [0.15, 0.2) is 52.1 Å². The Morgan fingerprint density at radius 3 is 2.52 bits per heavy atom. The van der Waals surface area contributed by atoms with Gasteiger partial charge in [-0.05, 0) is 31.5 Å². The largest absolute Gasteiger partial charge is 0.360 e. The number of anilines is 1. The van der Waals surface area contributed by atoms with Crippen LogP contribution in [0.1, 0.15) is 17.0 Å². The number of hydrogen-bond acceptors (Lipinski definition) is 6. The smallest absolute Gasteiger partial charge is 0.321 e. The Morgan fingerprint density at radius 2 is 1.87 bits per heavy atom. The van der Waals surface area contributed by atoms with Crippen LogP contribution < -0.4 is 5.32 Å². The van der Waals surface area contributed by atoms with Crippen LogP contribution in [0.5, 0.6) is 0 Å². The molecule has 4 rings (SSSR count). The summed E-state index contributed by atoms with van der Waals surface area (Å²) in [7, 11) is -3.71. The number of rotatable bonds is 5. The molecule has 2 amide bonds. The van der Waals surface area contributed by atoms with E-state index in [2.05, 4.69) is 15.6 Å². The van der Waals surface area contributed by atoms with E-state index >= 15 is 0 Å². The number of hydrogen-bond donors (Lipinski definition) is 1. The van der Waals surface area contributed by atoms with Gasteiger partial charge in [-0.1, -0.05) is 23.4 Å². The third kappa shape index (κ3) is 4.32. The van der Waals surface area contributed by atoms with E-state index < -0.39 is 10.0 Å². The highest BCUT2D eigenvalue weighted by Crippen LogP contribution is 2.24. The Bertz CT molecular complexity index is 1140. The molecule has 1 fully saturated rings. The molecule has 1 aromatic carbocycles. The van der Waals surface area contributed by atoms with E-state index in [1.54, 1.807) is 29.6 Å². The number of para-hydroxylation sites is 1. The number of carbonyl (C=O) groups excluding carboxylic acids is 1. The zero-order chi connectivity index (χ0) is 22.0. The van der Waals surface area contributed by atoms with Crippen molar-refractivity contribution in [1.29, 1.82) is 0 Å². The molecule has 0 bridgehead atoms. The van der Waals surface area contributed by atoms with Crippen molar-refractivity contribution in [2.75, 3.05) is 31.5 Å². The predicted octanol–water partition coefficient (Wildman–Crippen LogP) is 2.07. The van der Waals surface area contributed by atoms with Crippen LogP contribution in [0.2, 0.25) is 0 Å². The first-order valence-corrected chi connectivity index (χ1v) is 11.3. The van der Waals surface area contributed by atoms with Crippen LogP contribution in [0.25, 0.3) is 0 Å². The molecule has 3 heterocycles. The third-order valence-electron chi connectivity index (χ3n) is 5.24. The number of sulfonamides is 1. The minimum absolute atomic E-state index is 0.109. The number of carbonyl (C=O) groups is 1. The lowest BCUT2D eigenvalue weighted by atomic mass is 10.2. The maximum Gasteiger partial charge on any atom is 0.321 e. The van der Waals surface area contributed by atoms with Crippen LogP contribution >= 0.6 is 0 Å². The van der Waals surface area contributed by atoms with Gasteiger partial charge in [-0.3, -0.25) is 4.68 Å². The minimum atomic E-state index is -3.71. The average Bonchev–Trinajstić information content (AvgIpc) is 3.39. The fourth-order valence-corrected chi connectivity index (χ4v) is 5.36. The molecule has 31 heavy (non-hydrogen) atoms. The molecule has 2 aromatic heterocycles. The molecule has 0 spiro atoms. The first kappa shape index (κ1) is 21.1. The maximum atomic E-state index is 13.0. The van der Waals surface area contributed by atoms with Crippen molar-refractivity contribution < 1.29 is 17.7 Å². The molecule has 11 heteroatoms. The molecule has 0 atom stereocenters. The number of aromatic nitrogens is 3. The molecule has 0 saturated carbocycles. The van der Waals surface area contributed by atoms with Gasteiger partial charge in [0.05, 0.1) is 6.54 Å². The average molecular weight is 445 g/mol. The summed E-state index contributed by atoms with van der Waals surface area (Å²) < 4.78 is 34.1. The van der Waals surface area contributed by atoms with Gasteiger partial charge in [-0.15, -0.1) is 0 Å². The third-order valence-corrected chi connectivity index (χ3v) is 7.39. The van der Waals surface area contributed by atoms with Gasteiger partial charge < -0.3 is 14.7 Å². The van der Waals surface area contributed by atoms with Gasteiger partial charge in [0.1, 0.15) is 10.6 Å². The Morgan fingerprint density at radius 1 is 1.13 bits per heavy atom. The van der Waals surface area contributed by atoms with Crippen molar-refractivity contribution in [2.24, 2.45) is 0 Å². The van der Waals surface area contributed by atoms with Gasteiger partial charge in [0.2, 0.25) is 10.0 Å². The van der Waals surface area contributed by atoms with Gasteiger partial charge in [-0.2, -0.15) is 9.40 Å². The Labute approximate surface area is 180 Å². The summed E-state index contributed by atoms with van der Waals surface area (Å²) in [6.45, 7) is 4.70.